The van der Waals surface area contributed by atoms with Crippen molar-refractivity contribution in [3.05, 3.63) is 60.1 Å². The van der Waals surface area contributed by atoms with Gasteiger partial charge in [0.05, 0.1) is 19.1 Å². The zero-order valence-corrected chi connectivity index (χ0v) is 10.4. The van der Waals surface area contributed by atoms with Crippen molar-refractivity contribution in [1.29, 1.82) is 0 Å². The molecule has 0 saturated heterocycles. The minimum atomic E-state index is -0.785. The number of methoxy groups -OCH3 is 1. The van der Waals surface area contributed by atoms with E-state index in [1.54, 1.807) is 25.6 Å². The van der Waals surface area contributed by atoms with E-state index in [2.05, 4.69) is 4.98 Å². The lowest BCUT2D eigenvalue weighted by molar-refractivity contribution is 0.217. The van der Waals surface area contributed by atoms with Crippen molar-refractivity contribution in [1.82, 2.24) is 4.98 Å². The van der Waals surface area contributed by atoms with E-state index in [0.717, 1.165) is 22.3 Å². The normalized spacial score (nSPS) is 12.5. The molecule has 0 aliphatic heterocycles. The lowest BCUT2D eigenvalue weighted by Gasteiger charge is -2.11. The van der Waals surface area contributed by atoms with Gasteiger partial charge in [-0.1, -0.05) is 12.1 Å². The summed E-state index contributed by atoms with van der Waals surface area (Å²) in [6.07, 6.45) is 2.44. The molecular formula is C15H13NO3. The van der Waals surface area contributed by atoms with Gasteiger partial charge in [-0.15, -0.1) is 0 Å². The Morgan fingerprint density at radius 3 is 2.68 bits per heavy atom. The van der Waals surface area contributed by atoms with E-state index in [-0.39, 0.29) is 0 Å². The van der Waals surface area contributed by atoms with Crippen LogP contribution in [0.1, 0.15) is 17.4 Å². The van der Waals surface area contributed by atoms with Crippen molar-refractivity contribution < 1.29 is 14.3 Å². The topological polar surface area (TPSA) is 55.5 Å². The summed E-state index contributed by atoms with van der Waals surface area (Å²) in [6, 6.07) is 10.9. The van der Waals surface area contributed by atoms with Gasteiger partial charge < -0.3 is 14.3 Å². The first-order chi connectivity index (χ1) is 9.29. The first-order valence-corrected chi connectivity index (χ1v) is 5.93. The summed E-state index contributed by atoms with van der Waals surface area (Å²) in [5, 5.41) is 11.3. The average Bonchev–Trinajstić information content (AvgIpc) is 2.95. The second kappa shape index (κ2) is 4.74. The van der Waals surface area contributed by atoms with Crippen LogP contribution in [0.4, 0.5) is 0 Å². The fourth-order valence-corrected chi connectivity index (χ4v) is 2.08. The molecule has 1 aromatic carbocycles. The van der Waals surface area contributed by atoms with E-state index in [1.165, 1.54) is 0 Å². The fourth-order valence-electron chi connectivity index (χ4n) is 2.08. The second-order valence-corrected chi connectivity index (χ2v) is 4.20. The molecule has 2 heterocycles. The minimum absolute atomic E-state index is 0.594. The van der Waals surface area contributed by atoms with Crippen molar-refractivity contribution in [2.75, 3.05) is 7.11 Å². The van der Waals surface area contributed by atoms with Gasteiger partial charge in [-0.3, -0.25) is 4.98 Å². The van der Waals surface area contributed by atoms with E-state index in [4.69, 9.17) is 9.15 Å². The van der Waals surface area contributed by atoms with Gasteiger partial charge in [-0.25, -0.2) is 0 Å². The Hall–Kier alpha value is -2.33. The maximum Gasteiger partial charge on any atom is 0.137 e. The molecule has 4 nitrogen and oxygen atoms in total. The van der Waals surface area contributed by atoms with E-state index in [9.17, 15) is 5.11 Å². The number of furan rings is 1. The number of rotatable bonds is 3. The molecule has 4 heteroatoms. The van der Waals surface area contributed by atoms with E-state index in [0.29, 0.717) is 5.69 Å². The van der Waals surface area contributed by atoms with Crippen LogP contribution in [0.15, 0.2) is 53.3 Å². The maximum atomic E-state index is 10.4. The van der Waals surface area contributed by atoms with Gasteiger partial charge in [0, 0.05) is 11.6 Å². The number of hydrogen-bond donors (Lipinski definition) is 1. The third-order valence-electron chi connectivity index (χ3n) is 3.10. The quantitative estimate of drug-likeness (QED) is 0.781. The highest BCUT2D eigenvalue weighted by atomic mass is 16.5. The van der Waals surface area contributed by atoms with Crippen molar-refractivity contribution in [3.63, 3.8) is 0 Å². The molecule has 1 atom stereocenters. The molecule has 0 radical (unpaired) electrons. The average molecular weight is 255 g/mol. The fraction of sp³-hybridized carbons (Fsp3) is 0.133. The molecule has 3 rings (SSSR count). The number of aromatic nitrogens is 1. The second-order valence-electron chi connectivity index (χ2n) is 4.20. The summed E-state index contributed by atoms with van der Waals surface area (Å²) in [5.41, 5.74) is 2.08. The molecule has 2 aromatic heterocycles. The summed E-state index contributed by atoms with van der Waals surface area (Å²) < 4.78 is 10.4. The van der Waals surface area contributed by atoms with Crippen LogP contribution in [0.3, 0.4) is 0 Å². The molecule has 19 heavy (non-hydrogen) atoms. The molecule has 0 aliphatic carbocycles. The monoisotopic (exact) mass is 255 g/mol. The van der Waals surface area contributed by atoms with Crippen LogP contribution in [0, 0.1) is 0 Å². The Morgan fingerprint density at radius 1 is 1.16 bits per heavy atom. The van der Waals surface area contributed by atoms with E-state index in [1.807, 2.05) is 30.3 Å². The molecule has 0 saturated carbocycles. The van der Waals surface area contributed by atoms with Gasteiger partial charge in [-0.2, -0.15) is 0 Å². The van der Waals surface area contributed by atoms with Crippen molar-refractivity contribution in [2.24, 2.45) is 0 Å². The van der Waals surface area contributed by atoms with Crippen LogP contribution in [-0.2, 0) is 0 Å². The summed E-state index contributed by atoms with van der Waals surface area (Å²) in [7, 11) is 1.61. The van der Waals surface area contributed by atoms with Gasteiger partial charge in [0.25, 0.3) is 0 Å². The van der Waals surface area contributed by atoms with Crippen molar-refractivity contribution in [2.45, 2.75) is 6.10 Å². The summed E-state index contributed by atoms with van der Waals surface area (Å²) in [4.78, 5) is 4.26. The van der Waals surface area contributed by atoms with Crippen LogP contribution >= 0.6 is 0 Å². The number of pyridine rings is 1. The SMILES string of the molecule is COc1ccc(C(O)c2nccc3occc23)cc1. The molecule has 96 valence electrons. The third kappa shape index (κ3) is 2.06. The van der Waals surface area contributed by atoms with E-state index >= 15 is 0 Å². The first kappa shape index (κ1) is 11.7. The zero-order valence-electron chi connectivity index (χ0n) is 10.4. The Balaban J connectivity index is 2.02. The maximum absolute atomic E-state index is 10.4. The largest absolute Gasteiger partial charge is 0.497 e. The molecule has 1 N–H and O–H groups in total. The van der Waals surface area contributed by atoms with Gasteiger partial charge in [0.2, 0.25) is 0 Å². The Bertz CT molecular complexity index is 688. The third-order valence-corrected chi connectivity index (χ3v) is 3.10. The predicted molar refractivity (Wildman–Crippen MR) is 71.1 cm³/mol. The first-order valence-electron chi connectivity index (χ1n) is 5.93. The lowest BCUT2D eigenvalue weighted by atomic mass is 10.0. The number of ether oxygens (including phenoxy) is 1. The standard InChI is InChI=1S/C15H13NO3/c1-18-11-4-2-10(3-5-11)15(17)14-12-7-9-19-13(12)6-8-16-14/h2-9,15,17H,1H3. The molecule has 0 amide bonds. The van der Waals surface area contributed by atoms with Crippen LogP contribution in [0.5, 0.6) is 5.75 Å². The molecular weight excluding hydrogens is 242 g/mol. The van der Waals surface area contributed by atoms with Crippen LogP contribution in [0.25, 0.3) is 11.0 Å². The number of aliphatic hydroxyl groups is 1. The van der Waals surface area contributed by atoms with Gasteiger partial charge in [-0.05, 0) is 29.8 Å². The molecule has 0 spiro atoms. The highest BCUT2D eigenvalue weighted by molar-refractivity contribution is 5.80. The molecule has 0 fully saturated rings. The highest BCUT2D eigenvalue weighted by Gasteiger charge is 2.16. The predicted octanol–water partition coefficient (Wildman–Crippen LogP) is 2.92. The number of benzene rings is 1. The van der Waals surface area contributed by atoms with Crippen molar-refractivity contribution >= 4 is 11.0 Å². The molecule has 1 unspecified atom stereocenters. The number of aliphatic hydroxyl groups excluding tert-OH is 1. The molecule has 3 aromatic rings. The lowest BCUT2D eigenvalue weighted by Crippen LogP contribution is -2.02. The minimum Gasteiger partial charge on any atom is -0.497 e. The summed E-state index contributed by atoms with van der Waals surface area (Å²) in [6.45, 7) is 0. The Morgan fingerprint density at radius 2 is 1.95 bits per heavy atom. The van der Waals surface area contributed by atoms with Crippen LogP contribution in [0.2, 0.25) is 0 Å². The summed E-state index contributed by atoms with van der Waals surface area (Å²) >= 11 is 0. The zero-order chi connectivity index (χ0) is 13.2. The number of hydrogen-bond acceptors (Lipinski definition) is 4. The summed E-state index contributed by atoms with van der Waals surface area (Å²) in [5.74, 6) is 0.755. The van der Waals surface area contributed by atoms with Crippen LogP contribution < -0.4 is 4.74 Å². The van der Waals surface area contributed by atoms with E-state index < -0.39 is 6.10 Å². The van der Waals surface area contributed by atoms with Gasteiger partial charge in [0.15, 0.2) is 0 Å². The van der Waals surface area contributed by atoms with Crippen molar-refractivity contribution in [3.8, 4) is 5.75 Å². The number of nitrogens with zero attached hydrogens (tertiary/aromatic N) is 1. The van der Waals surface area contributed by atoms with Crippen LogP contribution in [-0.4, -0.2) is 17.2 Å². The molecule has 0 aliphatic rings. The molecule has 0 bridgehead atoms. The highest BCUT2D eigenvalue weighted by Crippen LogP contribution is 2.28. The van der Waals surface area contributed by atoms with Gasteiger partial charge in [0.1, 0.15) is 17.4 Å². The number of fused-ring (bicyclic) bond motifs is 1. The Kier molecular flexibility index (Phi) is 2.93. The van der Waals surface area contributed by atoms with Gasteiger partial charge >= 0.3 is 0 Å². The smallest absolute Gasteiger partial charge is 0.137 e. The Labute approximate surface area is 110 Å².